The Balaban J connectivity index is 1.32. The number of aromatic nitrogens is 2. The lowest BCUT2D eigenvalue weighted by molar-refractivity contribution is 0.107. The highest BCUT2D eigenvalue weighted by Gasteiger charge is 2.49. The number of hydrogen-bond donors (Lipinski definition) is 2. The number of hydrogen-bond acceptors (Lipinski definition) is 7. The first-order valence-corrected chi connectivity index (χ1v) is 16.7. The van der Waals surface area contributed by atoms with Gasteiger partial charge in [-0.2, -0.15) is 9.97 Å². The fourth-order valence-corrected chi connectivity index (χ4v) is 8.67. The Morgan fingerprint density at radius 3 is 2.85 bits per heavy atom. The normalized spacial score (nSPS) is 25.5. The lowest BCUT2D eigenvalue weighted by atomic mass is 9.90. The van der Waals surface area contributed by atoms with Crippen molar-refractivity contribution in [3.8, 4) is 35.2 Å². The molecule has 3 saturated heterocycles. The Bertz CT molecular complexity index is 1950. The number of nitrogens with zero attached hydrogens (tertiary/aromatic N) is 4. The number of halogens is 3. The quantitative estimate of drug-likeness (QED) is 0.248. The van der Waals surface area contributed by atoms with Gasteiger partial charge < -0.3 is 20.1 Å². The minimum atomic E-state index is -0.909. The smallest absolute Gasteiger partial charge is 0.319 e. The number of aromatic hydroxyl groups is 1. The van der Waals surface area contributed by atoms with Crippen LogP contribution in [0.15, 0.2) is 30.3 Å². The van der Waals surface area contributed by atoms with Crippen molar-refractivity contribution >= 4 is 27.5 Å². The number of alkyl halides is 1. The average molecular weight is 642 g/mol. The van der Waals surface area contributed by atoms with Crippen LogP contribution in [0.5, 0.6) is 11.8 Å². The largest absolute Gasteiger partial charge is 0.508 e. The molecule has 10 heteroatoms. The molecule has 3 aromatic carbocycles. The molecule has 4 aromatic rings. The van der Waals surface area contributed by atoms with Crippen LogP contribution in [0.4, 0.5) is 19.0 Å². The number of aryl methyl sites for hydroxylation is 2. The zero-order chi connectivity index (χ0) is 32.4. The number of rotatable bonds is 6. The number of nitrogens with one attached hydrogen (secondary N) is 1. The van der Waals surface area contributed by atoms with E-state index < -0.39 is 17.5 Å². The van der Waals surface area contributed by atoms with Gasteiger partial charge in [0.1, 0.15) is 35.7 Å². The highest BCUT2D eigenvalue weighted by Crippen LogP contribution is 2.45. The van der Waals surface area contributed by atoms with Gasteiger partial charge in [0.25, 0.3) is 0 Å². The van der Waals surface area contributed by atoms with Gasteiger partial charge in [0.05, 0.1) is 5.54 Å². The predicted octanol–water partition coefficient (Wildman–Crippen LogP) is 6.07. The molecule has 47 heavy (non-hydrogen) atoms. The van der Waals surface area contributed by atoms with E-state index in [4.69, 9.17) is 21.1 Å². The molecule has 4 aliphatic rings. The van der Waals surface area contributed by atoms with Crippen molar-refractivity contribution in [3.63, 3.8) is 0 Å². The summed E-state index contributed by atoms with van der Waals surface area (Å²) in [4.78, 5) is 14.1. The van der Waals surface area contributed by atoms with Gasteiger partial charge in [0.15, 0.2) is 5.82 Å². The van der Waals surface area contributed by atoms with Crippen LogP contribution < -0.4 is 15.0 Å². The Kier molecular flexibility index (Phi) is 7.45. The SMILES string of the molecule is C#CC[C@@H]1CN2c3nc(OC[C@@]45CCCN4C[C@H](F)C5)nc4c(F)c(-c5cc(O)cc6ccc(F)c(CC)c56)cc(c34)CC[C@@H]2CN1. The zero-order valence-corrected chi connectivity index (χ0v) is 26.5. The summed E-state index contributed by atoms with van der Waals surface area (Å²) in [5.41, 5.74) is 1.68. The van der Waals surface area contributed by atoms with E-state index in [1.165, 1.54) is 12.1 Å². The first kappa shape index (κ1) is 30.3. The average Bonchev–Trinajstić information content (AvgIpc) is 3.54. The van der Waals surface area contributed by atoms with Crippen LogP contribution in [0.3, 0.4) is 0 Å². The molecular weight excluding hydrogens is 603 g/mol. The van der Waals surface area contributed by atoms with E-state index >= 15 is 8.78 Å². The van der Waals surface area contributed by atoms with Crippen molar-refractivity contribution in [1.82, 2.24) is 20.2 Å². The van der Waals surface area contributed by atoms with E-state index in [1.54, 1.807) is 12.1 Å². The van der Waals surface area contributed by atoms with Crippen LogP contribution in [0.1, 0.15) is 50.2 Å². The summed E-state index contributed by atoms with van der Waals surface area (Å²) in [5.74, 6) is 2.36. The number of fused-ring (bicyclic) bond motifs is 4. The van der Waals surface area contributed by atoms with Gasteiger partial charge in [-0.25, -0.2) is 13.2 Å². The van der Waals surface area contributed by atoms with Crippen molar-refractivity contribution in [2.45, 2.75) is 75.7 Å². The van der Waals surface area contributed by atoms with E-state index in [-0.39, 0.29) is 47.3 Å². The summed E-state index contributed by atoms with van der Waals surface area (Å²) in [7, 11) is 0. The number of phenolic OH excluding ortho intramolecular Hbond substituents is 1. The highest BCUT2D eigenvalue weighted by atomic mass is 19.1. The highest BCUT2D eigenvalue weighted by molar-refractivity contribution is 6.04. The molecule has 4 atom stereocenters. The molecule has 7 nitrogen and oxygen atoms in total. The summed E-state index contributed by atoms with van der Waals surface area (Å²) >= 11 is 0. The van der Waals surface area contributed by atoms with Gasteiger partial charge in [-0.05, 0) is 90.4 Å². The maximum atomic E-state index is 17.2. The van der Waals surface area contributed by atoms with E-state index in [0.717, 1.165) is 31.4 Å². The number of benzene rings is 3. The van der Waals surface area contributed by atoms with E-state index in [9.17, 15) is 9.50 Å². The summed E-state index contributed by atoms with van der Waals surface area (Å²) in [6, 6.07) is 8.08. The first-order valence-electron chi connectivity index (χ1n) is 16.7. The van der Waals surface area contributed by atoms with Crippen LogP contribution in [-0.2, 0) is 12.8 Å². The second-order valence-electron chi connectivity index (χ2n) is 13.6. The van der Waals surface area contributed by atoms with Crippen LogP contribution in [0.2, 0.25) is 0 Å². The molecule has 0 bridgehead atoms. The summed E-state index contributed by atoms with van der Waals surface area (Å²) < 4.78 is 53.2. The number of phenols is 1. The minimum Gasteiger partial charge on any atom is -0.508 e. The van der Waals surface area contributed by atoms with Crippen molar-refractivity contribution in [1.29, 1.82) is 0 Å². The van der Waals surface area contributed by atoms with Gasteiger partial charge in [0, 0.05) is 55.5 Å². The molecule has 0 saturated carbocycles. The van der Waals surface area contributed by atoms with Crippen LogP contribution in [-0.4, -0.2) is 76.6 Å². The van der Waals surface area contributed by atoms with Gasteiger partial charge in [-0.15, -0.1) is 12.3 Å². The maximum Gasteiger partial charge on any atom is 0.319 e. The molecule has 0 amide bonds. The summed E-state index contributed by atoms with van der Waals surface area (Å²) in [6.07, 6.45) is 9.34. The first-order chi connectivity index (χ1) is 22.8. The Morgan fingerprint density at radius 1 is 1.15 bits per heavy atom. The summed E-state index contributed by atoms with van der Waals surface area (Å²) in [5, 5.41) is 16.1. The topological polar surface area (TPSA) is 73.8 Å². The molecular formula is C37H38F3N5O2. The van der Waals surface area contributed by atoms with Gasteiger partial charge >= 0.3 is 6.01 Å². The summed E-state index contributed by atoms with van der Waals surface area (Å²) in [6.45, 7) is 4.59. The third-order valence-electron chi connectivity index (χ3n) is 10.9. The molecule has 5 heterocycles. The molecule has 0 aliphatic carbocycles. The standard InChI is InChI=1S/C37H38F3N5O2/c1-3-6-24-19-45-25(17-41-24)9-7-22-14-29(28-15-26(46)13-21-8-10-30(39)27(4-2)31(21)28)33(40)34-32(22)35(45)43-36(42-34)47-20-37-11-5-12-44(37)18-23(38)16-37/h1,8,10,13-15,23-25,41,46H,4-7,9,11-12,16-20H2,2H3/t23-,24-,25-,37+/m1/s1. The van der Waals surface area contributed by atoms with Crippen LogP contribution in [0.25, 0.3) is 32.8 Å². The Hall–Kier alpha value is -4.07. The molecule has 3 fully saturated rings. The molecule has 2 N–H and O–H groups in total. The minimum absolute atomic E-state index is 0.0372. The molecule has 0 spiro atoms. The lowest BCUT2D eigenvalue weighted by Gasteiger charge is -2.40. The van der Waals surface area contributed by atoms with E-state index in [2.05, 4.69) is 21.0 Å². The van der Waals surface area contributed by atoms with Crippen LogP contribution >= 0.6 is 0 Å². The molecule has 4 aliphatic heterocycles. The Morgan fingerprint density at radius 2 is 2.02 bits per heavy atom. The third kappa shape index (κ3) is 4.97. The number of anilines is 1. The molecule has 1 aromatic heterocycles. The molecule has 8 rings (SSSR count). The van der Waals surface area contributed by atoms with Crippen molar-refractivity contribution in [3.05, 3.63) is 53.1 Å². The van der Waals surface area contributed by atoms with Crippen molar-refractivity contribution in [2.24, 2.45) is 0 Å². The molecule has 0 unspecified atom stereocenters. The maximum absolute atomic E-state index is 17.2. The number of terminal acetylenes is 1. The number of piperazine rings is 1. The fraction of sp³-hybridized carbons (Fsp3) is 0.459. The molecule has 244 valence electrons. The lowest BCUT2D eigenvalue weighted by Crippen LogP contribution is -2.56. The zero-order valence-electron chi connectivity index (χ0n) is 26.5. The van der Waals surface area contributed by atoms with Gasteiger partial charge in [0.2, 0.25) is 0 Å². The molecule has 0 radical (unpaired) electrons. The predicted molar refractivity (Wildman–Crippen MR) is 177 cm³/mol. The second kappa shape index (κ2) is 11.6. The Labute approximate surface area is 272 Å². The van der Waals surface area contributed by atoms with Gasteiger partial charge in [-0.1, -0.05) is 13.0 Å². The monoisotopic (exact) mass is 641 g/mol. The van der Waals surface area contributed by atoms with Crippen molar-refractivity contribution < 1.29 is 23.0 Å². The number of ether oxygens (including phenoxy) is 1. The third-order valence-corrected chi connectivity index (χ3v) is 10.9. The fourth-order valence-electron chi connectivity index (χ4n) is 8.67. The second-order valence-corrected chi connectivity index (χ2v) is 13.6. The van der Waals surface area contributed by atoms with Crippen LogP contribution in [0, 0.1) is 24.0 Å². The van der Waals surface area contributed by atoms with E-state index in [1.807, 2.05) is 13.0 Å². The van der Waals surface area contributed by atoms with Crippen molar-refractivity contribution in [2.75, 3.05) is 37.7 Å². The van der Waals surface area contributed by atoms with Gasteiger partial charge in [-0.3, -0.25) is 4.90 Å². The van der Waals surface area contributed by atoms with E-state index in [0.29, 0.717) is 78.4 Å².